The summed E-state index contributed by atoms with van der Waals surface area (Å²) in [5.74, 6) is 0.266. The molecule has 3 heterocycles. The third-order valence-corrected chi connectivity index (χ3v) is 5.69. The second-order valence-corrected chi connectivity index (χ2v) is 7.87. The zero-order valence-electron chi connectivity index (χ0n) is 15.8. The van der Waals surface area contributed by atoms with Gasteiger partial charge in [0.1, 0.15) is 6.26 Å². The first kappa shape index (κ1) is 19.2. The quantitative estimate of drug-likeness (QED) is 0.666. The molecule has 0 spiro atoms. The normalized spacial score (nSPS) is 16.4. The lowest BCUT2D eigenvalue weighted by molar-refractivity contribution is -0.126. The number of nitrogens with zero attached hydrogens (tertiary/aromatic N) is 2. The minimum absolute atomic E-state index is 0.0668. The van der Waals surface area contributed by atoms with E-state index in [1.807, 2.05) is 47.8 Å². The maximum atomic E-state index is 12.6. The third kappa shape index (κ3) is 4.83. The minimum Gasteiger partial charge on any atom is -0.443 e. The number of hydrogen-bond acceptors (Lipinski definition) is 5. The number of hydrogen-bond donors (Lipinski definition) is 2. The molecule has 1 fully saturated rings. The molecule has 1 aliphatic rings. The largest absolute Gasteiger partial charge is 0.443 e. The van der Waals surface area contributed by atoms with Crippen LogP contribution >= 0.6 is 11.3 Å². The summed E-state index contributed by atoms with van der Waals surface area (Å²) in [7, 11) is 0. The Bertz CT molecular complexity index is 955. The molecule has 4 rings (SSSR count). The Kier molecular flexibility index (Phi) is 5.90. The molecule has 8 heteroatoms. The van der Waals surface area contributed by atoms with Crippen molar-refractivity contribution in [2.45, 2.75) is 19.4 Å². The smallest absolute Gasteiger partial charge is 0.321 e. The van der Waals surface area contributed by atoms with E-state index in [9.17, 15) is 9.59 Å². The van der Waals surface area contributed by atoms with Crippen LogP contribution in [-0.2, 0) is 11.3 Å². The highest BCUT2D eigenvalue weighted by atomic mass is 32.1. The summed E-state index contributed by atoms with van der Waals surface area (Å²) in [5.41, 5.74) is 1.42. The van der Waals surface area contributed by atoms with E-state index in [0.29, 0.717) is 31.2 Å². The molecule has 0 saturated carbocycles. The minimum atomic E-state index is -0.228. The molecule has 2 aromatic heterocycles. The molecule has 1 saturated heterocycles. The summed E-state index contributed by atoms with van der Waals surface area (Å²) < 4.78 is 5.48. The van der Waals surface area contributed by atoms with Crippen molar-refractivity contribution >= 4 is 29.0 Å². The zero-order valence-corrected chi connectivity index (χ0v) is 16.7. The summed E-state index contributed by atoms with van der Waals surface area (Å²) in [6.45, 7) is 1.36. The number of carbonyl (C=O) groups is 2. The van der Waals surface area contributed by atoms with Gasteiger partial charge in [-0.15, -0.1) is 11.3 Å². The Labute approximate surface area is 172 Å². The summed E-state index contributed by atoms with van der Waals surface area (Å²) in [6.07, 6.45) is 3.13. The molecule has 1 atom stereocenters. The van der Waals surface area contributed by atoms with Crippen molar-refractivity contribution in [2.24, 2.45) is 5.92 Å². The van der Waals surface area contributed by atoms with Gasteiger partial charge in [-0.1, -0.05) is 24.3 Å². The number of nitrogens with one attached hydrogen (secondary N) is 2. The Hall–Kier alpha value is -3.13. The second kappa shape index (κ2) is 8.91. The number of aromatic nitrogens is 1. The van der Waals surface area contributed by atoms with Crippen molar-refractivity contribution in [1.82, 2.24) is 15.2 Å². The average molecular weight is 410 g/mol. The second-order valence-electron chi connectivity index (χ2n) is 6.92. The van der Waals surface area contributed by atoms with Gasteiger partial charge in [0, 0.05) is 18.8 Å². The zero-order chi connectivity index (χ0) is 20.1. The fourth-order valence-electron chi connectivity index (χ4n) is 3.32. The van der Waals surface area contributed by atoms with Crippen LogP contribution in [0.4, 0.5) is 10.5 Å². The van der Waals surface area contributed by atoms with Crippen LogP contribution < -0.4 is 10.6 Å². The maximum absolute atomic E-state index is 12.6. The van der Waals surface area contributed by atoms with E-state index in [1.54, 1.807) is 22.5 Å². The van der Waals surface area contributed by atoms with Gasteiger partial charge in [0.15, 0.2) is 0 Å². The molecule has 3 aromatic rings. The molecule has 150 valence electrons. The molecule has 7 nitrogen and oxygen atoms in total. The highest BCUT2D eigenvalue weighted by Crippen LogP contribution is 2.24. The Balaban J connectivity index is 1.29. The number of benzene rings is 1. The molecule has 0 aliphatic carbocycles. The molecule has 2 N–H and O–H groups in total. The maximum Gasteiger partial charge on any atom is 0.321 e. The molecular formula is C21H22N4O3S. The lowest BCUT2D eigenvalue weighted by Gasteiger charge is -2.32. The van der Waals surface area contributed by atoms with Gasteiger partial charge in [-0.3, -0.25) is 4.79 Å². The number of amides is 3. The summed E-state index contributed by atoms with van der Waals surface area (Å²) in [5, 5.41) is 7.76. The SMILES string of the molecule is O=C(NCc1coc(-c2cccs2)n1)C1CCCN(C(=O)Nc2ccccc2)C1. The van der Waals surface area contributed by atoms with Gasteiger partial charge in [-0.2, -0.15) is 0 Å². The van der Waals surface area contributed by atoms with Gasteiger partial charge in [-0.25, -0.2) is 9.78 Å². The molecule has 0 radical (unpaired) electrons. The standard InChI is InChI=1S/C21H22N4O3S/c26-19(22-12-17-14-28-20(23-17)18-9-5-11-29-18)15-6-4-10-25(13-15)21(27)24-16-7-2-1-3-8-16/h1-3,5,7-9,11,14-15H,4,6,10,12-13H2,(H,22,26)(H,24,27). The van der Waals surface area contributed by atoms with Crippen LogP contribution in [0.1, 0.15) is 18.5 Å². The van der Waals surface area contributed by atoms with E-state index in [2.05, 4.69) is 15.6 Å². The van der Waals surface area contributed by atoms with Gasteiger partial charge in [0.25, 0.3) is 0 Å². The van der Waals surface area contributed by atoms with Crippen LogP contribution in [-0.4, -0.2) is 34.9 Å². The van der Waals surface area contributed by atoms with Crippen LogP contribution in [0, 0.1) is 5.92 Å². The number of likely N-dealkylation sites (tertiary alicyclic amines) is 1. The molecule has 3 amide bonds. The van der Waals surface area contributed by atoms with Crippen molar-refractivity contribution in [3.63, 3.8) is 0 Å². The fourth-order valence-corrected chi connectivity index (χ4v) is 3.98. The van der Waals surface area contributed by atoms with Gasteiger partial charge >= 0.3 is 6.03 Å². The number of rotatable bonds is 5. The number of anilines is 1. The molecule has 0 bridgehead atoms. The number of piperidine rings is 1. The van der Waals surface area contributed by atoms with Crippen LogP contribution in [0.5, 0.6) is 0 Å². The molecule has 1 aliphatic heterocycles. The van der Waals surface area contributed by atoms with Crippen molar-refractivity contribution in [2.75, 3.05) is 18.4 Å². The number of urea groups is 1. The van der Waals surface area contributed by atoms with E-state index in [-0.39, 0.29) is 17.9 Å². The number of carbonyl (C=O) groups excluding carboxylic acids is 2. The molecular weight excluding hydrogens is 388 g/mol. The van der Waals surface area contributed by atoms with Crippen LogP contribution in [0.3, 0.4) is 0 Å². The first-order valence-corrected chi connectivity index (χ1v) is 10.4. The topological polar surface area (TPSA) is 87.5 Å². The van der Waals surface area contributed by atoms with Crippen molar-refractivity contribution in [3.8, 4) is 10.8 Å². The van der Waals surface area contributed by atoms with Crippen molar-refractivity contribution in [1.29, 1.82) is 0 Å². The Morgan fingerprint density at radius 3 is 2.86 bits per heavy atom. The van der Waals surface area contributed by atoms with E-state index >= 15 is 0 Å². The monoisotopic (exact) mass is 410 g/mol. The van der Waals surface area contributed by atoms with Crippen LogP contribution in [0.25, 0.3) is 10.8 Å². The number of thiophene rings is 1. The number of para-hydroxylation sites is 1. The molecule has 29 heavy (non-hydrogen) atoms. The van der Waals surface area contributed by atoms with E-state index in [1.165, 1.54) is 0 Å². The predicted molar refractivity (Wildman–Crippen MR) is 111 cm³/mol. The first-order chi connectivity index (χ1) is 14.2. The fraction of sp³-hybridized carbons (Fsp3) is 0.286. The summed E-state index contributed by atoms with van der Waals surface area (Å²) in [6, 6.07) is 13.0. The Morgan fingerprint density at radius 1 is 1.21 bits per heavy atom. The van der Waals surface area contributed by atoms with E-state index in [0.717, 1.165) is 23.4 Å². The van der Waals surface area contributed by atoms with Gasteiger partial charge in [-0.05, 0) is 36.4 Å². The molecule has 1 aromatic carbocycles. The third-order valence-electron chi connectivity index (χ3n) is 4.83. The van der Waals surface area contributed by atoms with E-state index < -0.39 is 0 Å². The lowest BCUT2D eigenvalue weighted by Crippen LogP contribution is -2.46. The van der Waals surface area contributed by atoms with Crippen molar-refractivity contribution in [3.05, 3.63) is 59.8 Å². The highest BCUT2D eigenvalue weighted by molar-refractivity contribution is 7.13. The van der Waals surface area contributed by atoms with Gasteiger partial charge < -0.3 is 20.0 Å². The van der Waals surface area contributed by atoms with Crippen LogP contribution in [0.2, 0.25) is 0 Å². The molecule has 1 unspecified atom stereocenters. The summed E-state index contributed by atoms with van der Waals surface area (Å²) >= 11 is 1.55. The van der Waals surface area contributed by atoms with Crippen LogP contribution in [0.15, 0.2) is 58.5 Å². The van der Waals surface area contributed by atoms with Crippen molar-refractivity contribution < 1.29 is 14.0 Å². The Morgan fingerprint density at radius 2 is 2.07 bits per heavy atom. The number of oxazole rings is 1. The van der Waals surface area contributed by atoms with E-state index in [4.69, 9.17) is 4.42 Å². The highest BCUT2D eigenvalue weighted by Gasteiger charge is 2.28. The van der Waals surface area contributed by atoms with Gasteiger partial charge in [0.2, 0.25) is 11.8 Å². The predicted octanol–water partition coefficient (Wildman–Crippen LogP) is 3.96. The summed E-state index contributed by atoms with van der Waals surface area (Å²) in [4.78, 5) is 32.2. The van der Waals surface area contributed by atoms with Gasteiger partial charge in [0.05, 0.1) is 23.0 Å². The first-order valence-electron chi connectivity index (χ1n) is 9.56. The lowest BCUT2D eigenvalue weighted by atomic mass is 9.97. The average Bonchev–Trinajstić information content (AvgIpc) is 3.45.